The predicted octanol–water partition coefficient (Wildman–Crippen LogP) is 2.02. The summed E-state index contributed by atoms with van der Waals surface area (Å²) in [5.74, 6) is -0.0116. The molecule has 2 heterocycles. The van der Waals surface area contributed by atoms with E-state index in [-0.39, 0.29) is 11.3 Å². The minimum atomic E-state index is -0.0116. The number of rotatable bonds is 1. The molecule has 0 saturated carbocycles. The van der Waals surface area contributed by atoms with Crippen molar-refractivity contribution >= 4 is 22.5 Å². The summed E-state index contributed by atoms with van der Waals surface area (Å²) in [6.45, 7) is 5.94. The highest BCUT2D eigenvalue weighted by Crippen LogP contribution is 2.30. The van der Waals surface area contributed by atoms with Crippen LogP contribution in [-0.2, 0) is 0 Å². The van der Waals surface area contributed by atoms with Crippen LogP contribution >= 0.6 is 0 Å². The molecule has 5 heteroatoms. The van der Waals surface area contributed by atoms with Crippen molar-refractivity contribution in [2.75, 3.05) is 18.8 Å². The number of anilines is 1. The number of aromatic nitrogens is 2. The molecule has 0 bridgehead atoms. The highest BCUT2D eigenvalue weighted by Gasteiger charge is 2.33. The maximum absolute atomic E-state index is 12.5. The van der Waals surface area contributed by atoms with Gasteiger partial charge in [-0.3, -0.25) is 9.89 Å². The van der Waals surface area contributed by atoms with E-state index in [2.05, 4.69) is 24.0 Å². The standard InChI is InChI=1S/C14H18N4O/c1-14(2)5-6-18(8-14)13(19)12-10-7-9(15)3-4-11(10)16-17-12/h3-4,7H,5-6,8,15H2,1-2H3,(H,16,17). The first-order chi connectivity index (χ1) is 8.96. The van der Waals surface area contributed by atoms with Crippen molar-refractivity contribution in [2.45, 2.75) is 20.3 Å². The molecule has 0 spiro atoms. The number of amides is 1. The van der Waals surface area contributed by atoms with Crippen LogP contribution in [0.4, 0.5) is 5.69 Å². The Balaban J connectivity index is 1.96. The van der Waals surface area contributed by atoms with Crippen LogP contribution in [0.25, 0.3) is 10.9 Å². The van der Waals surface area contributed by atoms with Crippen LogP contribution in [0.3, 0.4) is 0 Å². The fourth-order valence-electron chi connectivity index (χ4n) is 2.63. The molecule has 1 aliphatic rings. The Labute approximate surface area is 111 Å². The Kier molecular flexibility index (Phi) is 2.52. The predicted molar refractivity (Wildman–Crippen MR) is 74.8 cm³/mol. The third-order valence-electron chi connectivity index (χ3n) is 3.75. The van der Waals surface area contributed by atoms with Crippen LogP contribution in [0.5, 0.6) is 0 Å². The van der Waals surface area contributed by atoms with E-state index in [9.17, 15) is 4.79 Å². The number of nitrogens with one attached hydrogen (secondary N) is 1. The summed E-state index contributed by atoms with van der Waals surface area (Å²) in [6, 6.07) is 5.45. The third-order valence-corrected chi connectivity index (χ3v) is 3.75. The van der Waals surface area contributed by atoms with E-state index in [1.54, 1.807) is 12.1 Å². The van der Waals surface area contributed by atoms with Gasteiger partial charge in [-0.1, -0.05) is 13.8 Å². The Bertz CT molecular complexity index is 644. The minimum absolute atomic E-state index is 0.0116. The lowest BCUT2D eigenvalue weighted by atomic mass is 9.93. The number of carbonyl (C=O) groups is 1. The van der Waals surface area contributed by atoms with Crippen molar-refractivity contribution in [1.29, 1.82) is 0 Å². The lowest BCUT2D eigenvalue weighted by Crippen LogP contribution is -2.30. The molecule has 19 heavy (non-hydrogen) atoms. The summed E-state index contributed by atoms with van der Waals surface area (Å²) in [5, 5.41) is 7.85. The molecule has 2 aromatic rings. The smallest absolute Gasteiger partial charge is 0.275 e. The zero-order valence-electron chi connectivity index (χ0n) is 11.2. The second-order valence-electron chi connectivity index (χ2n) is 6.02. The average Bonchev–Trinajstić information content (AvgIpc) is 2.91. The van der Waals surface area contributed by atoms with Crippen molar-refractivity contribution < 1.29 is 4.79 Å². The van der Waals surface area contributed by atoms with Gasteiger partial charge < -0.3 is 10.6 Å². The number of nitrogen functional groups attached to an aromatic ring is 1. The summed E-state index contributed by atoms with van der Waals surface area (Å²) in [4.78, 5) is 14.4. The summed E-state index contributed by atoms with van der Waals surface area (Å²) in [7, 11) is 0. The van der Waals surface area contributed by atoms with Crippen LogP contribution in [-0.4, -0.2) is 34.1 Å². The van der Waals surface area contributed by atoms with Crippen LogP contribution in [0.1, 0.15) is 30.8 Å². The van der Waals surface area contributed by atoms with Gasteiger partial charge in [-0.05, 0) is 30.0 Å². The van der Waals surface area contributed by atoms with Gasteiger partial charge >= 0.3 is 0 Å². The van der Waals surface area contributed by atoms with Crippen molar-refractivity contribution in [3.8, 4) is 0 Å². The van der Waals surface area contributed by atoms with Gasteiger partial charge in [-0.2, -0.15) is 5.10 Å². The Morgan fingerprint density at radius 2 is 2.26 bits per heavy atom. The van der Waals surface area contributed by atoms with Gasteiger partial charge in [-0.15, -0.1) is 0 Å². The van der Waals surface area contributed by atoms with Gasteiger partial charge in [-0.25, -0.2) is 0 Å². The maximum Gasteiger partial charge on any atom is 0.275 e. The fourth-order valence-corrected chi connectivity index (χ4v) is 2.63. The van der Waals surface area contributed by atoms with E-state index in [1.165, 1.54) is 0 Å². The minimum Gasteiger partial charge on any atom is -0.399 e. The molecular weight excluding hydrogens is 240 g/mol. The number of likely N-dealkylation sites (tertiary alicyclic amines) is 1. The normalized spacial score (nSPS) is 18.1. The van der Waals surface area contributed by atoms with Gasteiger partial charge in [0.2, 0.25) is 0 Å². The Morgan fingerprint density at radius 3 is 2.95 bits per heavy atom. The second-order valence-corrected chi connectivity index (χ2v) is 6.02. The lowest BCUT2D eigenvalue weighted by molar-refractivity contribution is 0.0774. The monoisotopic (exact) mass is 258 g/mol. The van der Waals surface area contributed by atoms with Crippen LogP contribution in [0, 0.1) is 5.41 Å². The zero-order valence-corrected chi connectivity index (χ0v) is 11.2. The number of benzene rings is 1. The zero-order chi connectivity index (χ0) is 13.6. The first kappa shape index (κ1) is 12.0. The topological polar surface area (TPSA) is 75.0 Å². The van der Waals surface area contributed by atoms with E-state index >= 15 is 0 Å². The van der Waals surface area contributed by atoms with Gasteiger partial charge in [0.15, 0.2) is 5.69 Å². The summed E-state index contributed by atoms with van der Waals surface area (Å²) in [5.41, 5.74) is 7.94. The van der Waals surface area contributed by atoms with Crippen molar-refractivity contribution in [1.82, 2.24) is 15.1 Å². The number of carbonyl (C=O) groups excluding carboxylic acids is 1. The molecule has 1 amide bonds. The molecule has 1 aromatic heterocycles. The van der Waals surface area contributed by atoms with Gasteiger partial charge in [0.25, 0.3) is 5.91 Å². The summed E-state index contributed by atoms with van der Waals surface area (Å²) in [6.07, 6.45) is 1.03. The molecular formula is C14H18N4O. The van der Waals surface area contributed by atoms with Crippen molar-refractivity contribution in [2.24, 2.45) is 5.41 Å². The molecule has 1 aromatic carbocycles. The Hall–Kier alpha value is -2.04. The highest BCUT2D eigenvalue weighted by molar-refractivity contribution is 6.05. The number of nitrogens with two attached hydrogens (primary N) is 1. The lowest BCUT2D eigenvalue weighted by Gasteiger charge is -2.19. The molecule has 0 radical (unpaired) electrons. The van der Waals surface area contributed by atoms with Crippen LogP contribution in [0.2, 0.25) is 0 Å². The number of H-pyrrole nitrogens is 1. The largest absolute Gasteiger partial charge is 0.399 e. The molecule has 1 aliphatic heterocycles. The number of hydrogen-bond donors (Lipinski definition) is 2. The third kappa shape index (κ3) is 2.05. The second kappa shape index (κ2) is 3.98. The molecule has 0 unspecified atom stereocenters. The molecule has 0 atom stereocenters. The van der Waals surface area contributed by atoms with Crippen LogP contribution in [0.15, 0.2) is 18.2 Å². The maximum atomic E-state index is 12.5. The Morgan fingerprint density at radius 1 is 1.47 bits per heavy atom. The summed E-state index contributed by atoms with van der Waals surface area (Å²) < 4.78 is 0. The van der Waals surface area contributed by atoms with E-state index in [0.717, 1.165) is 30.4 Å². The number of nitrogens with zero attached hydrogens (tertiary/aromatic N) is 2. The molecule has 1 saturated heterocycles. The van der Waals surface area contributed by atoms with E-state index in [4.69, 9.17) is 5.73 Å². The number of aromatic amines is 1. The van der Waals surface area contributed by atoms with E-state index in [1.807, 2.05) is 11.0 Å². The molecule has 3 N–H and O–H groups in total. The SMILES string of the molecule is CC1(C)CCN(C(=O)c2n[nH]c3ccc(N)cc23)C1. The van der Waals surface area contributed by atoms with Gasteiger partial charge in [0.05, 0.1) is 5.52 Å². The van der Waals surface area contributed by atoms with Crippen molar-refractivity contribution in [3.05, 3.63) is 23.9 Å². The first-order valence-electron chi connectivity index (χ1n) is 6.49. The summed E-state index contributed by atoms with van der Waals surface area (Å²) >= 11 is 0. The average molecular weight is 258 g/mol. The molecule has 1 fully saturated rings. The molecule has 5 nitrogen and oxygen atoms in total. The van der Waals surface area contributed by atoms with E-state index < -0.39 is 0 Å². The fraction of sp³-hybridized carbons (Fsp3) is 0.429. The van der Waals surface area contributed by atoms with Gasteiger partial charge in [0.1, 0.15) is 0 Å². The molecule has 3 rings (SSSR count). The highest BCUT2D eigenvalue weighted by atomic mass is 16.2. The quantitative estimate of drug-likeness (QED) is 0.768. The van der Waals surface area contributed by atoms with E-state index in [0.29, 0.717) is 11.4 Å². The molecule has 100 valence electrons. The van der Waals surface area contributed by atoms with Crippen LogP contribution < -0.4 is 5.73 Å². The number of hydrogen-bond acceptors (Lipinski definition) is 3. The number of fused-ring (bicyclic) bond motifs is 1. The van der Waals surface area contributed by atoms with Gasteiger partial charge in [0, 0.05) is 24.2 Å². The molecule has 0 aliphatic carbocycles. The van der Waals surface area contributed by atoms with Crippen molar-refractivity contribution in [3.63, 3.8) is 0 Å². The first-order valence-corrected chi connectivity index (χ1v) is 6.49.